The van der Waals surface area contributed by atoms with Crippen molar-refractivity contribution in [3.05, 3.63) is 107 Å². The molecule has 1 N–H and O–H groups in total. The molecule has 1 unspecified atom stereocenters. The molecule has 1 aliphatic rings. The van der Waals surface area contributed by atoms with Gasteiger partial charge in [-0.2, -0.15) is 0 Å². The third-order valence-electron chi connectivity index (χ3n) is 6.90. The second kappa shape index (κ2) is 7.81. The third kappa shape index (κ3) is 3.56. The zero-order valence-electron chi connectivity index (χ0n) is 18.8. The molecule has 1 atom stereocenters. The van der Waals surface area contributed by atoms with Crippen LogP contribution in [0.5, 0.6) is 0 Å². The highest BCUT2D eigenvalue weighted by atomic mass is 28.4. The standard InChI is InChI=1S/C27H33NOSi/c1-26(2,3)30(4,5)29-27(22-15-8-6-9-16-22,23-17-10-7-11-18-23)25-24-19-13-12-14-21(24)20-28-25/h6-19,25,28H,20H2,1-5H3. The van der Waals surface area contributed by atoms with Gasteiger partial charge in [0.25, 0.3) is 0 Å². The van der Waals surface area contributed by atoms with Gasteiger partial charge < -0.3 is 9.74 Å². The van der Waals surface area contributed by atoms with Crippen LogP contribution < -0.4 is 5.32 Å². The first-order valence-corrected chi connectivity index (χ1v) is 13.8. The van der Waals surface area contributed by atoms with Gasteiger partial charge in [0.2, 0.25) is 0 Å². The molecule has 0 amide bonds. The maximum atomic E-state index is 7.48. The zero-order valence-corrected chi connectivity index (χ0v) is 19.8. The van der Waals surface area contributed by atoms with E-state index in [9.17, 15) is 0 Å². The maximum absolute atomic E-state index is 7.48. The van der Waals surface area contributed by atoms with Crippen molar-refractivity contribution < 1.29 is 4.43 Å². The van der Waals surface area contributed by atoms with E-state index in [2.05, 4.69) is 124 Å². The lowest BCUT2D eigenvalue weighted by Crippen LogP contribution is -2.53. The molecule has 3 aromatic carbocycles. The summed E-state index contributed by atoms with van der Waals surface area (Å²) in [4.78, 5) is 0. The van der Waals surface area contributed by atoms with Gasteiger partial charge in [-0.05, 0) is 40.4 Å². The Morgan fingerprint density at radius 1 is 0.767 bits per heavy atom. The summed E-state index contributed by atoms with van der Waals surface area (Å²) in [6, 6.07) is 30.4. The van der Waals surface area contributed by atoms with Gasteiger partial charge in [-0.15, -0.1) is 0 Å². The number of hydrogen-bond donors (Lipinski definition) is 1. The van der Waals surface area contributed by atoms with Gasteiger partial charge in [0.15, 0.2) is 8.32 Å². The molecule has 3 aromatic rings. The Kier molecular flexibility index (Phi) is 5.48. The molecule has 0 saturated carbocycles. The Morgan fingerprint density at radius 3 is 1.80 bits per heavy atom. The molecule has 30 heavy (non-hydrogen) atoms. The number of nitrogens with one attached hydrogen (secondary N) is 1. The summed E-state index contributed by atoms with van der Waals surface area (Å²) in [5, 5.41) is 3.93. The van der Waals surface area contributed by atoms with Gasteiger partial charge in [0, 0.05) is 6.54 Å². The summed E-state index contributed by atoms with van der Waals surface area (Å²) in [5.41, 5.74) is 4.50. The zero-order chi connectivity index (χ0) is 21.4. The summed E-state index contributed by atoms with van der Waals surface area (Å²) in [6.45, 7) is 12.5. The SMILES string of the molecule is CC(C)(C)[Si](C)(C)OC(c1ccccc1)(c1ccccc1)C1NCc2ccccc21. The molecule has 0 fully saturated rings. The fourth-order valence-electron chi connectivity index (χ4n) is 4.27. The quantitative estimate of drug-likeness (QED) is 0.463. The van der Waals surface area contributed by atoms with Crippen molar-refractivity contribution >= 4 is 8.32 Å². The molecule has 2 nitrogen and oxygen atoms in total. The van der Waals surface area contributed by atoms with E-state index >= 15 is 0 Å². The van der Waals surface area contributed by atoms with Crippen molar-refractivity contribution in [1.29, 1.82) is 0 Å². The number of fused-ring (bicyclic) bond motifs is 1. The summed E-state index contributed by atoms with van der Waals surface area (Å²) in [5.74, 6) is 0. The Bertz CT molecular complexity index is 953. The Hall–Kier alpha value is -2.20. The minimum absolute atomic E-state index is 0.0487. The molecule has 156 valence electrons. The van der Waals surface area contributed by atoms with Crippen LogP contribution in [0.25, 0.3) is 0 Å². The normalized spacial score (nSPS) is 17.0. The number of rotatable bonds is 5. The van der Waals surface area contributed by atoms with Crippen LogP contribution in [0.1, 0.15) is 49.1 Å². The van der Waals surface area contributed by atoms with Gasteiger partial charge in [0.05, 0.1) is 6.04 Å². The van der Waals surface area contributed by atoms with Gasteiger partial charge in [-0.3, -0.25) is 0 Å². The van der Waals surface area contributed by atoms with E-state index < -0.39 is 13.9 Å². The van der Waals surface area contributed by atoms with Crippen molar-refractivity contribution in [3.63, 3.8) is 0 Å². The van der Waals surface area contributed by atoms with Gasteiger partial charge in [0.1, 0.15) is 5.60 Å². The third-order valence-corrected chi connectivity index (χ3v) is 11.3. The predicted molar refractivity (Wildman–Crippen MR) is 128 cm³/mol. The summed E-state index contributed by atoms with van der Waals surface area (Å²) in [7, 11) is -2.13. The van der Waals surface area contributed by atoms with Crippen molar-refractivity contribution in [2.75, 3.05) is 0 Å². The van der Waals surface area contributed by atoms with Crippen LogP contribution >= 0.6 is 0 Å². The van der Waals surface area contributed by atoms with Crippen LogP contribution in [0, 0.1) is 0 Å². The van der Waals surface area contributed by atoms with Crippen molar-refractivity contribution in [1.82, 2.24) is 5.32 Å². The second-order valence-electron chi connectivity index (χ2n) is 9.84. The summed E-state index contributed by atoms with van der Waals surface area (Å²) in [6.07, 6.45) is 0. The predicted octanol–water partition coefficient (Wildman–Crippen LogP) is 6.80. The van der Waals surface area contributed by atoms with Crippen LogP contribution in [-0.2, 0) is 16.6 Å². The molecule has 0 saturated heterocycles. The Morgan fingerprint density at radius 2 is 1.27 bits per heavy atom. The maximum Gasteiger partial charge on any atom is 0.193 e. The van der Waals surface area contributed by atoms with Crippen LogP contribution in [0.4, 0.5) is 0 Å². The molecule has 0 spiro atoms. The Balaban J connectivity index is 2.00. The highest BCUT2D eigenvalue weighted by Crippen LogP contribution is 2.52. The molecular weight excluding hydrogens is 382 g/mol. The first kappa shape index (κ1) is 21.0. The fraction of sp³-hybridized carbons (Fsp3) is 0.333. The molecule has 3 heteroatoms. The van der Waals surface area contributed by atoms with E-state index in [1.807, 2.05) is 0 Å². The van der Waals surface area contributed by atoms with Gasteiger partial charge >= 0.3 is 0 Å². The molecule has 4 rings (SSSR count). The molecule has 0 aliphatic carbocycles. The van der Waals surface area contributed by atoms with E-state index in [4.69, 9.17) is 4.43 Å². The lowest BCUT2D eigenvalue weighted by atomic mass is 9.78. The molecular formula is C27H33NOSi. The van der Waals surface area contributed by atoms with Crippen molar-refractivity contribution in [3.8, 4) is 0 Å². The molecule has 0 aromatic heterocycles. The van der Waals surface area contributed by atoms with Crippen molar-refractivity contribution in [2.45, 2.75) is 57.1 Å². The van der Waals surface area contributed by atoms with Crippen LogP contribution in [0.15, 0.2) is 84.9 Å². The fourth-order valence-corrected chi connectivity index (χ4v) is 5.73. The van der Waals surface area contributed by atoms with E-state index in [0.29, 0.717) is 0 Å². The monoisotopic (exact) mass is 415 g/mol. The van der Waals surface area contributed by atoms with E-state index in [-0.39, 0.29) is 11.1 Å². The summed E-state index contributed by atoms with van der Waals surface area (Å²) < 4.78 is 7.48. The van der Waals surface area contributed by atoms with E-state index in [1.165, 1.54) is 22.3 Å². The molecule has 0 bridgehead atoms. The average molecular weight is 416 g/mol. The number of hydrogen-bond acceptors (Lipinski definition) is 2. The lowest BCUT2D eigenvalue weighted by Gasteiger charge is -2.49. The van der Waals surface area contributed by atoms with E-state index in [0.717, 1.165) is 6.54 Å². The minimum Gasteiger partial charge on any atom is -0.401 e. The number of benzene rings is 3. The van der Waals surface area contributed by atoms with Gasteiger partial charge in [-0.1, -0.05) is 106 Å². The lowest BCUT2D eigenvalue weighted by molar-refractivity contribution is 0.0523. The van der Waals surface area contributed by atoms with Gasteiger partial charge in [-0.25, -0.2) is 0 Å². The highest BCUT2D eigenvalue weighted by molar-refractivity contribution is 6.74. The van der Waals surface area contributed by atoms with Crippen LogP contribution in [0.3, 0.4) is 0 Å². The first-order chi connectivity index (χ1) is 14.3. The van der Waals surface area contributed by atoms with Crippen LogP contribution in [0.2, 0.25) is 18.1 Å². The molecule has 1 heterocycles. The summed E-state index contributed by atoms with van der Waals surface area (Å²) >= 11 is 0. The minimum atomic E-state index is -2.13. The first-order valence-electron chi connectivity index (χ1n) is 10.9. The Labute approximate surface area is 182 Å². The largest absolute Gasteiger partial charge is 0.401 e. The molecule has 1 aliphatic heterocycles. The van der Waals surface area contributed by atoms with Crippen LogP contribution in [-0.4, -0.2) is 8.32 Å². The second-order valence-corrected chi connectivity index (χ2v) is 14.6. The average Bonchev–Trinajstić information content (AvgIpc) is 3.17. The highest BCUT2D eigenvalue weighted by Gasteiger charge is 2.52. The smallest absolute Gasteiger partial charge is 0.193 e. The van der Waals surface area contributed by atoms with E-state index in [1.54, 1.807) is 0 Å². The van der Waals surface area contributed by atoms with Crippen molar-refractivity contribution in [2.24, 2.45) is 0 Å². The molecule has 0 radical (unpaired) electrons. The topological polar surface area (TPSA) is 21.3 Å².